The van der Waals surface area contributed by atoms with Crippen LogP contribution in [0.15, 0.2) is 48.9 Å². The smallest absolute Gasteiger partial charge is 0.407 e. The number of phenols is 1. The number of aromatic nitrogens is 2. The van der Waals surface area contributed by atoms with E-state index in [1.807, 2.05) is 37.4 Å². The van der Waals surface area contributed by atoms with Gasteiger partial charge in [0.05, 0.1) is 23.7 Å². The van der Waals surface area contributed by atoms with Crippen LogP contribution in [0.1, 0.15) is 65.7 Å². The first kappa shape index (κ1) is 28.7. The second-order valence-corrected chi connectivity index (χ2v) is 16.0. The van der Waals surface area contributed by atoms with Crippen molar-refractivity contribution >= 4 is 25.3 Å². The SMILES string of the molecule is CC[Si](CC)(CC)O[C@@H](CN(C(=O)O)[C@](C)(Cc1c[nH]c2c(O)cccc12)C(C)(C)C)c1cccnc1. The van der Waals surface area contributed by atoms with Gasteiger partial charge in [-0.15, -0.1) is 0 Å². The Labute approximate surface area is 222 Å². The summed E-state index contributed by atoms with van der Waals surface area (Å²) in [7, 11) is -2.06. The van der Waals surface area contributed by atoms with Crippen LogP contribution >= 0.6 is 0 Å². The van der Waals surface area contributed by atoms with E-state index in [1.54, 1.807) is 23.4 Å². The molecule has 0 radical (unpaired) electrons. The summed E-state index contributed by atoms with van der Waals surface area (Å²) in [4.78, 5) is 22.1. The van der Waals surface area contributed by atoms with Gasteiger partial charge in [-0.25, -0.2) is 4.79 Å². The van der Waals surface area contributed by atoms with Gasteiger partial charge >= 0.3 is 6.09 Å². The monoisotopic (exact) mass is 525 g/mol. The fraction of sp³-hybridized carbons (Fsp3) is 0.517. The number of amides is 1. The molecule has 37 heavy (non-hydrogen) atoms. The molecule has 7 nitrogen and oxygen atoms in total. The van der Waals surface area contributed by atoms with Gasteiger partial charge in [-0.2, -0.15) is 0 Å². The number of nitrogens with zero attached hydrogens (tertiary/aromatic N) is 2. The Hall–Kier alpha value is -2.84. The van der Waals surface area contributed by atoms with E-state index in [0.717, 1.165) is 34.6 Å². The molecule has 3 N–H and O–H groups in total. The molecule has 1 aromatic carbocycles. The summed E-state index contributed by atoms with van der Waals surface area (Å²) in [6.45, 7) is 15.0. The molecule has 0 spiro atoms. The lowest BCUT2D eigenvalue weighted by Crippen LogP contribution is -2.60. The highest BCUT2D eigenvalue weighted by atomic mass is 28.4. The number of rotatable bonds is 11. The van der Waals surface area contributed by atoms with Crippen LogP contribution in [0.4, 0.5) is 4.79 Å². The fourth-order valence-corrected chi connectivity index (χ4v) is 8.03. The predicted molar refractivity (Wildman–Crippen MR) is 152 cm³/mol. The fourth-order valence-electron chi connectivity index (χ4n) is 5.21. The zero-order valence-electron chi connectivity index (χ0n) is 23.3. The van der Waals surface area contributed by atoms with E-state index in [0.29, 0.717) is 11.9 Å². The van der Waals surface area contributed by atoms with Crippen molar-refractivity contribution in [3.63, 3.8) is 0 Å². The molecule has 0 aliphatic heterocycles. The van der Waals surface area contributed by atoms with Crippen LogP contribution in [-0.2, 0) is 10.8 Å². The molecular formula is C29H43N3O4Si. The summed E-state index contributed by atoms with van der Waals surface area (Å²) >= 11 is 0. The van der Waals surface area contributed by atoms with E-state index < -0.39 is 31.5 Å². The number of para-hydroxylation sites is 1. The number of fused-ring (bicyclic) bond motifs is 1. The summed E-state index contributed by atoms with van der Waals surface area (Å²) in [5, 5.41) is 21.8. The van der Waals surface area contributed by atoms with Gasteiger partial charge in [-0.3, -0.25) is 9.88 Å². The zero-order valence-corrected chi connectivity index (χ0v) is 24.3. The number of H-pyrrole nitrogens is 1. The first-order valence-corrected chi connectivity index (χ1v) is 15.8. The van der Waals surface area contributed by atoms with Crippen molar-refractivity contribution in [3.8, 4) is 5.75 Å². The van der Waals surface area contributed by atoms with Crippen molar-refractivity contribution in [1.82, 2.24) is 14.9 Å². The van der Waals surface area contributed by atoms with Gasteiger partial charge in [-0.1, -0.05) is 59.7 Å². The summed E-state index contributed by atoms with van der Waals surface area (Å²) in [6.07, 6.45) is 4.49. The molecule has 0 saturated heterocycles. The Morgan fingerprint density at radius 1 is 1.11 bits per heavy atom. The van der Waals surface area contributed by atoms with Crippen LogP contribution < -0.4 is 0 Å². The Morgan fingerprint density at radius 2 is 1.78 bits per heavy atom. The van der Waals surface area contributed by atoms with Gasteiger partial charge in [0.25, 0.3) is 0 Å². The minimum atomic E-state index is -2.06. The standard InChI is InChI=1S/C29H43N3O4Si/c1-8-37(9-2,10-3)36-25(21-13-12-16-30-18-21)20-32(27(34)35)29(7,28(4,5)6)17-22-19-31-26-23(22)14-11-15-24(26)33/h11-16,18-19,25,31,33H,8-10,17,20H2,1-7H3,(H,34,35)/t25-,29+/m0/s1. The molecule has 1 amide bonds. The zero-order chi connectivity index (χ0) is 27.4. The van der Waals surface area contributed by atoms with E-state index >= 15 is 0 Å². The largest absolute Gasteiger partial charge is 0.506 e. The molecule has 2 heterocycles. The normalized spacial score (nSPS) is 14.9. The van der Waals surface area contributed by atoms with Gasteiger partial charge in [0.2, 0.25) is 0 Å². The van der Waals surface area contributed by atoms with Crippen LogP contribution in [0, 0.1) is 5.41 Å². The van der Waals surface area contributed by atoms with E-state index in [9.17, 15) is 15.0 Å². The quantitative estimate of drug-likeness (QED) is 0.227. The summed E-state index contributed by atoms with van der Waals surface area (Å²) in [5.74, 6) is 0.182. The number of nitrogens with one attached hydrogen (secondary N) is 1. The van der Waals surface area contributed by atoms with Gasteiger partial charge in [-0.05, 0) is 60.2 Å². The molecule has 2 aromatic heterocycles. The Balaban J connectivity index is 2.08. The molecule has 0 unspecified atom stereocenters. The molecule has 202 valence electrons. The molecular weight excluding hydrogens is 482 g/mol. The van der Waals surface area contributed by atoms with Gasteiger partial charge < -0.3 is 19.6 Å². The highest BCUT2D eigenvalue weighted by Crippen LogP contribution is 2.42. The predicted octanol–water partition coefficient (Wildman–Crippen LogP) is 7.36. The molecule has 0 aliphatic rings. The van der Waals surface area contributed by atoms with Crippen LogP contribution in [-0.4, -0.2) is 51.6 Å². The minimum Gasteiger partial charge on any atom is -0.506 e. The van der Waals surface area contributed by atoms with Crippen molar-refractivity contribution < 1.29 is 19.4 Å². The molecule has 0 bridgehead atoms. The van der Waals surface area contributed by atoms with Crippen molar-refractivity contribution in [3.05, 3.63) is 60.0 Å². The molecule has 3 aromatic rings. The second kappa shape index (κ2) is 11.3. The van der Waals surface area contributed by atoms with E-state index in [2.05, 4.69) is 51.5 Å². The van der Waals surface area contributed by atoms with Crippen LogP contribution in [0.3, 0.4) is 0 Å². The second-order valence-electron chi connectivity index (χ2n) is 11.2. The van der Waals surface area contributed by atoms with E-state index in [-0.39, 0.29) is 12.3 Å². The van der Waals surface area contributed by atoms with E-state index in [1.165, 1.54) is 0 Å². The van der Waals surface area contributed by atoms with Gasteiger partial charge in [0.15, 0.2) is 8.32 Å². The average Bonchev–Trinajstić information content (AvgIpc) is 3.28. The molecule has 3 rings (SSSR count). The van der Waals surface area contributed by atoms with Crippen molar-refractivity contribution in [2.45, 2.75) is 84.7 Å². The number of hydrogen-bond acceptors (Lipinski definition) is 4. The molecule has 0 fully saturated rings. The highest BCUT2D eigenvalue weighted by molar-refractivity contribution is 6.73. The first-order chi connectivity index (χ1) is 17.4. The maximum atomic E-state index is 13.0. The lowest BCUT2D eigenvalue weighted by Gasteiger charge is -2.50. The lowest BCUT2D eigenvalue weighted by molar-refractivity contribution is -0.00840. The molecule has 8 heteroatoms. The maximum absolute atomic E-state index is 13.0. The van der Waals surface area contributed by atoms with E-state index in [4.69, 9.17) is 4.43 Å². The Kier molecular flexibility index (Phi) is 8.75. The number of hydrogen-bond donors (Lipinski definition) is 3. The summed E-state index contributed by atoms with van der Waals surface area (Å²) in [5.41, 5.74) is 1.34. The number of carbonyl (C=O) groups is 1. The minimum absolute atomic E-state index is 0.182. The Morgan fingerprint density at radius 3 is 2.32 bits per heavy atom. The highest BCUT2D eigenvalue weighted by Gasteiger charge is 2.47. The number of phenolic OH excluding ortho intramolecular Hbond substituents is 1. The van der Waals surface area contributed by atoms with Crippen molar-refractivity contribution in [2.24, 2.45) is 5.41 Å². The van der Waals surface area contributed by atoms with Crippen LogP contribution in [0.2, 0.25) is 18.1 Å². The number of aromatic hydroxyl groups is 1. The van der Waals surface area contributed by atoms with Gasteiger partial charge in [0, 0.05) is 24.0 Å². The molecule has 2 atom stereocenters. The first-order valence-electron chi connectivity index (χ1n) is 13.3. The number of benzene rings is 1. The summed E-state index contributed by atoms with van der Waals surface area (Å²) in [6, 6.07) is 12.2. The van der Waals surface area contributed by atoms with Crippen LogP contribution in [0.25, 0.3) is 10.9 Å². The number of carboxylic acid groups (broad SMARTS) is 1. The van der Waals surface area contributed by atoms with Crippen molar-refractivity contribution in [1.29, 1.82) is 0 Å². The van der Waals surface area contributed by atoms with Crippen molar-refractivity contribution in [2.75, 3.05) is 6.54 Å². The maximum Gasteiger partial charge on any atom is 0.407 e. The molecule has 0 saturated carbocycles. The van der Waals surface area contributed by atoms with Crippen LogP contribution in [0.5, 0.6) is 5.75 Å². The summed E-state index contributed by atoms with van der Waals surface area (Å²) < 4.78 is 6.94. The number of pyridine rings is 1. The van der Waals surface area contributed by atoms with Gasteiger partial charge in [0.1, 0.15) is 5.75 Å². The Bertz CT molecular complexity index is 1180. The third-order valence-electron chi connectivity index (χ3n) is 8.49. The molecule has 0 aliphatic carbocycles. The number of aromatic amines is 1. The third-order valence-corrected chi connectivity index (χ3v) is 13.1. The average molecular weight is 526 g/mol. The third kappa shape index (κ3) is 5.85. The lowest BCUT2D eigenvalue weighted by atomic mass is 9.70. The topological polar surface area (TPSA) is 98.7 Å².